The summed E-state index contributed by atoms with van der Waals surface area (Å²) < 4.78 is 0. The molecule has 0 bridgehead atoms. The molecule has 0 aromatic carbocycles. The second-order valence-corrected chi connectivity index (χ2v) is 6.59. The molecule has 0 spiro atoms. The van der Waals surface area contributed by atoms with Crippen LogP contribution in [0.15, 0.2) is 22.4 Å². The lowest BCUT2D eigenvalue weighted by Gasteiger charge is -2.04. The molecule has 0 aliphatic rings. The lowest BCUT2D eigenvalue weighted by Crippen LogP contribution is -2.17. The summed E-state index contributed by atoms with van der Waals surface area (Å²) in [6.07, 6.45) is 1.96. The van der Waals surface area contributed by atoms with Gasteiger partial charge in [0.25, 0.3) is 5.91 Å². The van der Waals surface area contributed by atoms with E-state index < -0.39 is 0 Å². The molecule has 4 nitrogen and oxygen atoms in total. The number of nitrogens with one attached hydrogen (secondary N) is 2. The smallest absolute Gasteiger partial charge is 0.263 e. The van der Waals surface area contributed by atoms with Crippen LogP contribution in [0.2, 0.25) is 0 Å². The van der Waals surface area contributed by atoms with Gasteiger partial charge in [-0.2, -0.15) is 0 Å². The molecule has 0 radical (unpaired) electrons. The molecule has 2 aromatic rings. The number of rotatable bonds is 5. The van der Waals surface area contributed by atoms with Crippen molar-refractivity contribution in [2.75, 3.05) is 24.4 Å². The molecule has 0 fully saturated rings. The van der Waals surface area contributed by atoms with E-state index in [9.17, 15) is 4.79 Å². The summed E-state index contributed by atoms with van der Waals surface area (Å²) in [7, 11) is 1.61. The predicted octanol–water partition coefficient (Wildman–Crippen LogP) is 3.09. The molecular weight excluding hydrogens is 298 g/mol. The highest BCUT2D eigenvalue weighted by atomic mass is 32.2. The average Bonchev–Trinajstić information content (AvgIpc) is 3.03. The Morgan fingerprint density at radius 3 is 2.89 bits per heavy atom. The first kappa shape index (κ1) is 14.2. The van der Waals surface area contributed by atoms with Gasteiger partial charge in [-0.3, -0.25) is 4.79 Å². The molecule has 7 heteroatoms. The minimum atomic E-state index is -0.137. The molecule has 1 amide bonds. The summed E-state index contributed by atoms with van der Waals surface area (Å²) in [5, 5.41) is 8.97. The average molecular weight is 313 g/mol. The second-order valence-electron chi connectivity index (χ2n) is 3.72. The molecule has 2 rings (SSSR count). The molecule has 0 saturated heterocycles. The largest absolute Gasteiger partial charge is 0.396 e. The van der Waals surface area contributed by atoms with Gasteiger partial charge in [0, 0.05) is 11.9 Å². The summed E-state index contributed by atoms with van der Waals surface area (Å²) in [6, 6.07) is 4.10. The van der Waals surface area contributed by atoms with Crippen molar-refractivity contribution in [1.29, 1.82) is 0 Å². The number of amides is 1. The summed E-state index contributed by atoms with van der Waals surface area (Å²) in [4.78, 5) is 14.5. The van der Waals surface area contributed by atoms with Crippen molar-refractivity contribution < 1.29 is 4.79 Å². The summed E-state index contributed by atoms with van der Waals surface area (Å²) in [5.74, 6) is -0.137. The van der Waals surface area contributed by atoms with Crippen molar-refractivity contribution in [2.24, 2.45) is 0 Å². The monoisotopic (exact) mass is 313 g/mol. The third-order valence-electron chi connectivity index (χ3n) is 2.54. The number of nitrogen functional groups attached to an aromatic ring is 1. The van der Waals surface area contributed by atoms with Crippen LogP contribution in [-0.4, -0.2) is 19.2 Å². The van der Waals surface area contributed by atoms with Crippen LogP contribution in [0.25, 0.3) is 0 Å². The van der Waals surface area contributed by atoms with E-state index >= 15 is 0 Å². The van der Waals surface area contributed by atoms with Crippen LogP contribution < -0.4 is 16.4 Å². The maximum absolute atomic E-state index is 11.7. The van der Waals surface area contributed by atoms with Crippen LogP contribution in [0.4, 0.5) is 10.7 Å². The van der Waals surface area contributed by atoms with E-state index in [0.717, 1.165) is 16.4 Å². The molecule has 19 heavy (non-hydrogen) atoms. The lowest BCUT2D eigenvalue weighted by atomic mass is 10.3. The van der Waals surface area contributed by atoms with Crippen LogP contribution in [0.1, 0.15) is 14.5 Å². The zero-order valence-electron chi connectivity index (χ0n) is 10.6. The third kappa shape index (κ3) is 3.05. The van der Waals surface area contributed by atoms with Gasteiger partial charge in [0.05, 0.1) is 17.1 Å². The fraction of sp³-hybridized carbons (Fsp3) is 0.250. The Labute approximate surface area is 124 Å². The van der Waals surface area contributed by atoms with Crippen molar-refractivity contribution in [2.45, 2.75) is 11.4 Å². The van der Waals surface area contributed by atoms with Gasteiger partial charge in [-0.25, -0.2) is 0 Å². The highest BCUT2D eigenvalue weighted by Gasteiger charge is 2.19. The first-order chi connectivity index (χ1) is 9.17. The van der Waals surface area contributed by atoms with Crippen molar-refractivity contribution in [3.05, 3.63) is 27.3 Å². The molecule has 2 heterocycles. The molecule has 2 aromatic heterocycles. The first-order valence-corrected chi connectivity index (χ1v) is 8.54. The quantitative estimate of drug-likeness (QED) is 0.742. The van der Waals surface area contributed by atoms with Crippen LogP contribution in [0.3, 0.4) is 0 Å². The van der Waals surface area contributed by atoms with Gasteiger partial charge in [-0.15, -0.1) is 34.4 Å². The lowest BCUT2D eigenvalue weighted by molar-refractivity contribution is 0.0968. The first-order valence-electron chi connectivity index (χ1n) is 5.62. The van der Waals surface area contributed by atoms with Crippen molar-refractivity contribution >= 4 is 51.0 Å². The molecule has 0 atom stereocenters. The Bertz CT molecular complexity index is 563. The normalized spacial score (nSPS) is 10.4. The summed E-state index contributed by atoms with van der Waals surface area (Å²) in [6.45, 7) is 0.748. The minimum absolute atomic E-state index is 0.137. The molecule has 0 saturated carbocycles. The van der Waals surface area contributed by atoms with Crippen LogP contribution in [0, 0.1) is 0 Å². The van der Waals surface area contributed by atoms with E-state index in [2.05, 4.69) is 16.7 Å². The van der Waals surface area contributed by atoms with E-state index in [1.165, 1.54) is 16.2 Å². The number of carbonyl (C=O) groups is 1. The molecule has 0 unspecified atom stereocenters. The Hall–Kier alpha value is -1.18. The number of hydrogen-bond acceptors (Lipinski definition) is 6. The maximum Gasteiger partial charge on any atom is 0.263 e. The Morgan fingerprint density at radius 1 is 1.53 bits per heavy atom. The number of nitrogens with two attached hydrogens (primary N) is 1. The van der Waals surface area contributed by atoms with E-state index in [4.69, 9.17) is 5.73 Å². The van der Waals surface area contributed by atoms with Crippen LogP contribution >= 0.6 is 34.4 Å². The zero-order valence-corrected chi connectivity index (χ0v) is 13.1. The van der Waals surface area contributed by atoms with Crippen LogP contribution in [0.5, 0.6) is 0 Å². The van der Waals surface area contributed by atoms with Gasteiger partial charge < -0.3 is 16.4 Å². The highest BCUT2D eigenvalue weighted by Crippen LogP contribution is 2.41. The molecular formula is C12H15N3OS3. The van der Waals surface area contributed by atoms with Crippen molar-refractivity contribution in [1.82, 2.24) is 5.32 Å². The fourth-order valence-electron chi connectivity index (χ4n) is 1.61. The maximum atomic E-state index is 11.7. The third-order valence-corrected chi connectivity index (χ3v) is 5.54. The van der Waals surface area contributed by atoms with Crippen molar-refractivity contribution in [3.63, 3.8) is 0 Å². The molecule has 0 aliphatic carbocycles. The topological polar surface area (TPSA) is 67.2 Å². The van der Waals surface area contributed by atoms with Gasteiger partial charge in [0.15, 0.2) is 0 Å². The standard InChI is InChI=1S/C12H15N3OS3/c1-14-11(16)9-8(13)10(17-2)12(19-9)15-6-7-4-3-5-18-7/h3-5,15H,6,13H2,1-2H3,(H,14,16). The fourth-order valence-corrected chi connectivity index (χ4v) is 4.23. The van der Waals surface area contributed by atoms with E-state index in [0.29, 0.717) is 10.6 Å². The van der Waals surface area contributed by atoms with E-state index in [1.807, 2.05) is 17.7 Å². The Balaban J connectivity index is 2.22. The van der Waals surface area contributed by atoms with Crippen molar-refractivity contribution in [3.8, 4) is 0 Å². The SMILES string of the molecule is CNC(=O)c1sc(NCc2cccs2)c(SC)c1N. The van der Waals surface area contributed by atoms with Gasteiger partial charge in [-0.05, 0) is 17.7 Å². The van der Waals surface area contributed by atoms with Gasteiger partial charge in [0.1, 0.15) is 9.88 Å². The number of hydrogen-bond donors (Lipinski definition) is 3. The van der Waals surface area contributed by atoms with E-state index in [-0.39, 0.29) is 5.91 Å². The van der Waals surface area contributed by atoms with Gasteiger partial charge in [0.2, 0.25) is 0 Å². The van der Waals surface area contributed by atoms with Gasteiger partial charge in [-0.1, -0.05) is 6.07 Å². The number of thioether (sulfide) groups is 1. The summed E-state index contributed by atoms with van der Waals surface area (Å²) >= 11 is 4.66. The Kier molecular flexibility index (Phi) is 4.73. The number of thiophene rings is 2. The number of anilines is 2. The number of carbonyl (C=O) groups excluding carboxylic acids is 1. The zero-order chi connectivity index (χ0) is 13.8. The molecule has 102 valence electrons. The highest BCUT2D eigenvalue weighted by molar-refractivity contribution is 7.99. The molecule has 0 aliphatic heterocycles. The molecule has 4 N–H and O–H groups in total. The Morgan fingerprint density at radius 2 is 2.32 bits per heavy atom. The minimum Gasteiger partial charge on any atom is -0.396 e. The van der Waals surface area contributed by atoms with Gasteiger partial charge >= 0.3 is 0 Å². The second kappa shape index (κ2) is 6.31. The van der Waals surface area contributed by atoms with Crippen LogP contribution in [-0.2, 0) is 6.54 Å². The summed E-state index contributed by atoms with van der Waals surface area (Å²) in [5.41, 5.74) is 6.59. The predicted molar refractivity (Wildman–Crippen MR) is 85.5 cm³/mol. The van der Waals surface area contributed by atoms with E-state index in [1.54, 1.807) is 30.1 Å².